The van der Waals surface area contributed by atoms with E-state index in [2.05, 4.69) is 20.8 Å². The Bertz CT molecular complexity index is 1230. The number of alkyl halides is 3. The van der Waals surface area contributed by atoms with Gasteiger partial charge in [-0.15, -0.1) is 0 Å². The largest absolute Gasteiger partial charge is 0.433 e. The molecule has 0 aliphatic heterocycles. The highest BCUT2D eigenvalue weighted by atomic mass is 35.5. The molecule has 3 aromatic rings. The number of carbonyl (C=O) groups is 1. The Morgan fingerprint density at radius 1 is 1.15 bits per heavy atom. The van der Waals surface area contributed by atoms with Gasteiger partial charge in [0.05, 0.1) is 16.7 Å². The number of hydrazone groups is 1. The van der Waals surface area contributed by atoms with Gasteiger partial charge < -0.3 is 5.32 Å². The Balaban J connectivity index is 1.85. The summed E-state index contributed by atoms with van der Waals surface area (Å²) >= 11 is 5.91. The number of amides is 1. The Morgan fingerprint density at radius 2 is 1.85 bits per heavy atom. The van der Waals surface area contributed by atoms with E-state index >= 15 is 0 Å². The summed E-state index contributed by atoms with van der Waals surface area (Å²) in [5.74, 6) is -1.14. The van der Waals surface area contributed by atoms with Crippen molar-refractivity contribution in [2.75, 3.05) is 5.32 Å². The third-order valence-electron chi connectivity index (χ3n) is 4.36. The predicted molar refractivity (Wildman–Crippen MR) is 117 cm³/mol. The van der Waals surface area contributed by atoms with Crippen LogP contribution in [0.25, 0.3) is 0 Å². The first-order chi connectivity index (χ1) is 15.5. The number of benzene rings is 2. The van der Waals surface area contributed by atoms with E-state index in [4.69, 9.17) is 11.6 Å². The highest BCUT2D eigenvalue weighted by Crippen LogP contribution is 2.31. The molecular weight excluding hydrogens is 463 g/mol. The summed E-state index contributed by atoms with van der Waals surface area (Å²) in [5, 5.41) is 17.6. The summed E-state index contributed by atoms with van der Waals surface area (Å²) in [7, 11) is 0. The van der Waals surface area contributed by atoms with Crippen LogP contribution in [0.2, 0.25) is 5.02 Å². The number of rotatable bonds is 6. The molecule has 1 heterocycles. The van der Waals surface area contributed by atoms with Gasteiger partial charge in [-0.3, -0.25) is 14.9 Å². The maximum atomic E-state index is 13.2. The topological polar surface area (TPSA) is 110 Å². The predicted octanol–water partition coefficient (Wildman–Crippen LogP) is 5.48. The molecule has 1 aromatic heterocycles. The molecule has 1 amide bonds. The summed E-state index contributed by atoms with van der Waals surface area (Å²) in [6, 6.07) is 11.7. The average Bonchev–Trinajstić information content (AvgIpc) is 2.75. The van der Waals surface area contributed by atoms with Crippen molar-refractivity contribution in [2.24, 2.45) is 5.10 Å². The third kappa shape index (κ3) is 6.04. The summed E-state index contributed by atoms with van der Waals surface area (Å²) in [5.41, 5.74) is 2.24. The van der Waals surface area contributed by atoms with Crippen molar-refractivity contribution in [3.05, 3.63) is 92.1 Å². The highest BCUT2D eigenvalue weighted by molar-refractivity contribution is 6.30. The standard InChI is InChI=1S/C21H15ClF3N5O3/c1-12-10-14(22)4-8-17(12)27-19-16(7-9-18(28-19)21(23,24)25)20(31)29-26-11-13-2-5-15(6-3-13)30(32)33/h2-11H,1H3,(H,27,28)(H,29,31)/b26-11+. The number of non-ortho nitro benzene ring substituents is 1. The quantitative estimate of drug-likeness (QED) is 0.277. The Labute approximate surface area is 190 Å². The lowest BCUT2D eigenvalue weighted by molar-refractivity contribution is -0.384. The molecule has 0 spiro atoms. The molecule has 0 atom stereocenters. The van der Waals surface area contributed by atoms with Gasteiger partial charge in [-0.05, 0) is 60.5 Å². The fourth-order valence-electron chi connectivity index (χ4n) is 2.70. The SMILES string of the molecule is Cc1cc(Cl)ccc1Nc1nc(C(F)(F)F)ccc1C(=O)N/N=C/c1ccc([N+](=O)[O-])cc1. The van der Waals surface area contributed by atoms with Gasteiger partial charge in [0.15, 0.2) is 0 Å². The first-order valence-electron chi connectivity index (χ1n) is 9.24. The van der Waals surface area contributed by atoms with Gasteiger partial charge >= 0.3 is 6.18 Å². The number of nitrogens with zero attached hydrogens (tertiary/aromatic N) is 3. The molecule has 0 saturated carbocycles. The lowest BCUT2D eigenvalue weighted by atomic mass is 10.1. The van der Waals surface area contributed by atoms with E-state index in [9.17, 15) is 28.1 Å². The second-order valence-corrected chi connectivity index (χ2v) is 7.16. The molecule has 0 aliphatic carbocycles. The lowest BCUT2D eigenvalue weighted by Crippen LogP contribution is -2.21. The number of anilines is 2. The number of carbonyl (C=O) groups excluding carboxylic acids is 1. The number of pyridine rings is 1. The maximum absolute atomic E-state index is 13.2. The molecule has 0 radical (unpaired) electrons. The van der Waals surface area contributed by atoms with Crippen molar-refractivity contribution in [1.82, 2.24) is 10.4 Å². The molecule has 33 heavy (non-hydrogen) atoms. The maximum Gasteiger partial charge on any atom is 0.433 e. The molecule has 12 heteroatoms. The molecular formula is C21H15ClF3N5O3. The summed E-state index contributed by atoms with van der Waals surface area (Å²) < 4.78 is 39.5. The zero-order valence-corrected chi connectivity index (χ0v) is 17.6. The van der Waals surface area contributed by atoms with Crippen LogP contribution in [-0.4, -0.2) is 22.0 Å². The van der Waals surface area contributed by atoms with E-state index in [1.54, 1.807) is 25.1 Å². The van der Waals surface area contributed by atoms with E-state index in [-0.39, 0.29) is 17.1 Å². The van der Waals surface area contributed by atoms with Gasteiger partial charge in [0.2, 0.25) is 0 Å². The molecule has 3 rings (SSSR count). The highest BCUT2D eigenvalue weighted by Gasteiger charge is 2.33. The molecule has 0 unspecified atom stereocenters. The first kappa shape index (κ1) is 23.7. The van der Waals surface area contributed by atoms with Gasteiger partial charge in [-0.2, -0.15) is 18.3 Å². The monoisotopic (exact) mass is 477 g/mol. The number of aryl methyl sites for hydroxylation is 1. The van der Waals surface area contributed by atoms with Crippen LogP contribution in [0.15, 0.2) is 59.7 Å². The minimum Gasteiger partial charge on any atom is -0.339 e. The molecule has 0 bridgehead atoms. The summed E-state index contributed by atoms with van der Waals surface area (Å²) in [4.78, 5) is 26.3. The Hall–Kier alpha value is -3.99. The van der Waals surface area contributed by atoms with Crippen molar-refractivity contribution in [1.29, 1.82) is 0 Å². The van der Waals surface area contributed by atoms with Crippen LogP contribution < -0.4 is 10.7 Å². The van der Waals surface area contributed by atoms with Crippen molar-refractivity contribution in [3.8, 4) is 0 Å². The van der Waals surface area contributed by atoms with E-state index in [0.29, 0.717) is 27.9 Å². The van der Waals surface area contributed by atoms with Crippen LogP contribution in [0.4, 0.5) is 30.4 Å². The van der Waals surface area contributed by atoms with Crippen LogP contribution in [0.3, 0.4) is 0 Å². The summed E-state index contributed by atoms with van der Waals surface area (Å²) in [6.07, 6.45) is -3.48. The number of nitro groups is 1. The number of aromatic nitrogens is 1. The number of nitro benzene ring substituents is 1. The molecule has 2 N–H and O–H groups in total. The molecule has 170 valence electrons. The zero-order chi connectivity index (χ0) is 24.2. The van der Waals surface area contributed by atoms with Gasteiger partial charge in [0, 0.05) is 22.8 Å². The fourth-order valence-corrected chi connectivity index (χ4v) is 2.92. The molecule has 0 saturated heterocycles. The van der Waals surface area contributed by atoms with Crippen molar-refractivity contribution < 1.29 is 22.9 Å². The van der Waals surface area contributed by atoms with Crippen LogP contribution in [0.1, 0.15) is 27.2 Å². The molecule has 8 nitrogen and oxygen atoms in total. The number of hydrogen-bond donors (Lipinski definition) is 2. The normalized spacial score (nSPS) is 11.4. The summed E-state index contributed by atoms with van der Waals surface area (Å²) in [6.45, 7) is 1.69. The minimum atomic E-state index is -4.71. The molecule has 0 aliphatic rings. The van der Waals surface area contributed by atoms with Crippen LogP contribution >= 0.6 is 11.6 Å². The average molecular weight is 478 g/mol. The smallest absolute Gasteiger partial charge is 0.339 e. The third-order valence-corrected chi connectivity index (χ3v) is 4.59. The second kappa shape index (κ2) is 9.65. The lowest BCUT2D eigenvalue weighted by Gasteiger charge is -2.15. The van der Waals surface area contributed by atoms with Crippen molar-refractivity contribution >= 4 is 40.9 Å². The minimum absolute atomic E-state index is 0.111. The first-order valence-corrected chi connectivity index (χ1v) is 9.61. The molecule has 0 fully saturated rings. The second-order valence-electron chi connectivity index (χ2n) is 6.72. The van der Waals surface area contributed by atoms with Crippen molar-refractivity contribution in [2.45, 2.75) is 13.1 Å². The van der Waals surface area contributed by atoms with E-state index in [1.165, 1.54) is 30.5 Å². The van der Waals surface area contributed by atoms with E-state index in [0.717, 1.165) is 6.07 Å². The fraction of sp³-hybridized carbons (Fsp3) is 0.0952. The number of nitrogens with one attached hydrogen (secondary N) is 2. The van der Waals surface area contributed by atoms with Crippen LogP contribution in [0, 0.1) is 17.0 Å². The number of halogens is 4. The van der Waals surface area contributed by atoms with Gasteiger partial charge in [-0.1, -0.05) is 11.6 Å². The van der Waals surface area contributed by atoms with Crippen LogP contribution in [-0.2, 0) is 6.18 Å². The van der Waals surface area contributed by atoms with Gasteiger partial charge in [0.1, 0.15) is 11.5 Å². The van der Waals surface area contributed by atoms with E-state index in [1.807, 2.05) is 0 Å². The van der Waals surface area contributed by atoms with Crippen LogP contribution in [0.5, 0.6) is 0 Å². The zero-order valence-electron chi connectivity index (χ0n) is 16.9. The molecule has 2 aromatic carbocycles. The van der Waals surface area contributed by atoms with E-state index < -0.39 is 22.7 Å². The van der Waals surface area contributed by atoms with Gasteiger partial charge in [0.25, 0.3) is 11.6 Å². The number of hydrogen-bond acceptors (Lipinski definition) is 6. The Morgan fingerprint density at radius 3 is 2.45 bits per heavy atom. The van der Waals surface area contributed by atoms with Gasteiger partial charge in [-0.25, -0.2) is 10.4 Å². The van der Waals surface area contributed by atoms with Crippen molar-refractivity contribution in [3.63, 3.8) is 0 Å². The Kier molecular flexibility index (Phi) is 6.92.